The number of furan rings is 1. The number of fused-ring (bicyclic) bond motifs is 5. The predicted octanol–water partition coefficient (Wildman–Crippen LogP) is 4.34. The summed E-state index contributed by atoms with van der Waals surface area (Å²) in [6.45, 7) is 5.63. The van der Waals surface area contributed by atoms with Gasteiger partial charge in [0.05, 0.1) is 10.9 Å². The van der Waals surface area contributed by atoms with Crippen LogP contribution in [0.2, 0.25) is 0 Å². The van der Waals surface area contributed by atoms with E-state index in [0.29, 0.717) is 27.3 Å². The zero-order valence-electron chi connectivity index (χ0n) is 13.3. The summed E-state index contributed by atoms with van der Waals surface area (Å²) < 4.78 is 11.2. The molecular weight excluding hydrogens is 322 g/mol. The summed E-state index contributed by atoms with van der Waals surface area (Å²) in [5.74, 6) is -1.09. The number of benzene rings is 2. The Hall–Kier alpha value is -3.54. The molecule has 0 unspecified atom stereocenters. The Morgan fingerprint density at radius 3 is 2.60 bits per heavy atom. The maximum absolute atomic E-state index is 12.5. The first-order valence-electron chi connectivity index (χ1n) is 7.53. The predicted molar refractivity (Wildman–Crippen MR) is 95.2 cm³/mol. The monoisotopic (exact) mass is 335 g/mol. The van der Waals surface area contributed by atoms with E-state index in [9.17, 15) is 9.59 Å². The Morgan fingerprint density at radius 1 is 1.08 bits per heavy atom. The molecule has 6 heteroatoms. The zero-order valence-corrected chi connectivity index (χ0v) is 13.3. The first kappa shape index (κ1) is 15.0. The molecule has 0 atom stereocenters. The molecular formula is C19H13NO5. The molecule has 0 aliphatic heterocycles. The van der Waals surface area contributed by atoms with Gasteiger partial charge < -0.3 is 19.3 Å². The average molecular weight is 335 g/mol. The number of carbonyl (C=O) groups is 1. The Labute approximate surface area is 141 Å². The fourth-order valence-corrected chi connectivity index (χ4v) is 2.89. The number of nitrogens with one attached hydrogen (secondary N) is 1. The van der Waals surface area contributed by atoms with Gasteiger partial charge in [0, 0.05) is 16.8 Å². The molecule has 2 heterocycles. The van der Waals surface area contributed by atoms with Crippen molar-refractivity contribution in [2.45, 2.75) is 6.92 Å². The van der Waals surface area contributed by atoms with Crippen molar-refractivity contribution in [1.82, 2.24) is 0 Å². The van der Waals surface area contributed by atoms with Crippen LogP contribution in [0.4, 0.5) is 5.69 Å². The maximum atomic E-state index is 12.5. The maximum Gasteiger partial charge on any atom is 0.348 e. The van der Waals surface area contributed by atoms with Gasteiger partial charge in [-0.05, 0) is 43.3 Å². The highest BCUT2D eigenvalue weighted by Gasteiger charge is 2.17. The second-order valence-electron chi connectivity index (χ2n) is 5.83. The Kier molecular flexibility index (Phi) is 3.15. The van der Waals surface area contributed by atoms with Crippen LogP contribution in [-0.2, 0) is 0 Å². The third-order valence-corrected chi connectivity index (χ3v) is 3.93. The average Bonchev–Trinajstić information content (AvgIpc) is 2.93. The highest BCUT2D eigenvalue weighted by atomic mass is 16.4. The highest BCUT2D eigenvalue weighted by molar-refractivity contribution is 6.14. The second kappa shape index (κ2) is 5.24. The van der Waals surface area contributed by atoms with Crippen LogP contribution >= 0.6 is 0 Å². The standard InChI is InChI=1S/C19H13NO5/c1-9(2)20-11-4-6-14-13(8-11)16-17(24-14)12-5-3-10(18(21)22)7-15(12)25-19(16)23/h3-8,20H,1H2,2H3,(H,21,22). The minimum Gasteiger partial charge on any atom is -0.478 e. The second-order valence-corrected chi connectivity index (χ2v) is 5.83. The van der Waals surface area contributed by atoms with Crippen molar-refractivity contribution in [3.05, 3.63) is 64.7 Å². The van der Waals surface area contributed by atoms with Crippen LogP contribution in [0.3, 0.4) is 0 Å². The number of hydrogen-bond acceptors (Lipinski definition) is 5. The lowest BCUT2D eigenvalue weighted by atomic mass is 10.1. The van der Waals surface area contributed by atoms with Crippen molar-refractivity contribution >= 4 is 44.6 Å². The minimum atomic E-state index is -1.09. The van der Waals surface area contributed by atoms with Gasteiger partial charge >= 0.3 is 11.6 Å². The third-order valence-electron chi connectivity index (χ3n) is 3.93. The quantitative estimate of drug-likeness (QED) is 0.541. The smallest absolute Gasteiger partial charge is 0.348 e. The van der Waals surface area contributed by atoms with E-state index in [2.05, 4.69) is 11.9 Å². The molecule has 0 spiro atoms. The lowest BCUT2D eigenvalue weighted by Gasteiger charge is -2.04. The van der Waals surface area contributed by atoms with Crippen molar-refractivity contribution in [3.63, 3.8) is 0 Å². The lowest BCUT2D eigenvalue weighted by molar-refractivity contribution is 0.0697. The molecule has 0 aliphatic rings. The van der Waals surface area contributed by atoms with E-state index in [4.69, 9.17) is 13.9 Å². The van der Waals surface area contributed by atoms with E-state index in [1.165, 1.54) is 12.1 Å². The number of hydrogen-bond donors (Lipinski definition) is 2. The summed E-state index contributed by atoms with van der Waals surface area (Å²) in [5, 5.41) is 13.7. The van der Waals surface area contributed by atoms with Crippen LogP contribution in [0.25, 0.3) is 32.9 Å². The Balaban J connectivity index is 2.07. The minimum absolute atomic E-state index is 0.0408. The van der Waals surface area contributed by atoms with E-state index < -0.39 is 11.6 Å². The fraction of sp³-hybridized carbons (Fsp3) is 0.0526. The summed E-state index contributed by atoms with van der Waals surface area (Å²) in [7, 11) is 0. The van der Waals surface area contributed by atoms with Crippen LogP contribution < -0.4 is 10.9 Å². The molecule has 2 aromatic heterocycles. The van der Waals surface area contributed by atoms with Gasteiger partial charge in [0.2, 0.25) is 0 Å². The molecule has 2 N–H and O–H groups in total. The van der Waals surface area contributed by atoms with Crippen LogP contribution in [0.1, 0.15) is 17.3 Å². The number of allylic oxidation sites excluding steroid dienone is 1. The molecule has 25 heavy (non-hydrogen) atoms. The number of rotatable bonds is 3. The summed E-state index contributed by atoms with van der Waals surface area (Å²) >= 11 is 0. The Bertz CT molecular complexity index is 1250. The fourth-order valence-electron chi connectivity index (χ4n) is 2.89. The van der Waals surface area contributed by atoms with Gasteiger partial charge in [-0.2, -0.15) is 0 Å². The number of anilines is 1. The molecule has 0 radical (unpaired) electrons. The van der Waals surface area contributed by atoms with Crippen molar-refractivity contribution in [1.29, 1.82) is 0 Å². The van der Waals surface area contributed by atoms with Crippen LogP contribution in [0.15, 0.2) is 62.3 Å². The summed E-state index contributed by atoms with van der Waals surface area (Å²) in [6.07, 6.45) is 0. The molecule has 0 amide bonds. The van der Waals surface area contributed by atoms with E-state index in [-0.39, 0.29) is 11.1 Å². The van der Waals surface area contributed by atoms with Crippen LogP contribution in [0, 0.1) is 0 Å². The molecule has 4 rings (SSSR count). The molecule has 6 nitrogen and oxygen atoms in total. The molecule has 0 fully saturated rings. The van der Waals surface area contributed by atoms with Crippen LogP contribution in [0.5, 0.6) is 0 Å². The normalized spacial score (nSPS) is 11.2. The van der Waals surface area contributed by atoms with Gasteiger partial charge in [0.1, 0.15) is 16.6 Å². The summed E-state index contributed by atoms with van der Waals surface area (Å²) in [4.78, 5) is 23.6. The number of aromatic carboxylic acids is 1. The third kappa shape index (κ3) is 2.35. The number of carboxylic acid groups (broad SMARTS) is 1. The summed E-state index contributed by atoms with van der Waals surface area (Å²) in [6, 6.07) is 9.73. The van der Waals surface area contributed by atoms with E-state index in [1.807, 2.05) is 13.0 Å². The molecule has 0 saturated heterocycles. The van der Waals surface area contributed by atoms with Gasteiger partial charge in [-0.15, -0.1) is 0 Å². The van der Waals surface area contributed by atoms with Gasteiger partial charge in [0.15, 0.2) is 5.58 Å². The van der Waals surface area contributed by atoms with Crippen molar-refractivity contribution in [3.8, 4) is 0 Å². The number of carboxylic acids is 1. The van der Waals surface area contributed by atoms with Crippen LogP contribution in [-0.4, -0.2) is 11.1 Å². The van der Waals surface area contributed by atoms with Gasteiger partial charge in [0.25, 0.3) is 0 Å². The van der Waals surface area contributed by atoms with Gasteiger partial charge in [-0.3, -0.25) is 0 Å². The topological polar surface area (TPSA) is 92.7 Å². The van der Waals surface area contributed by atoms with E-state index in [0.717, 1.165) is 11.4 Å². The van der Waals surface area contributed by atoms with Gasteiger partial charge in [-0.1, -0.05) is 6.58 Å². The van der Waals surface area contributed by atoms with Crippen molar-refractivity contribution in [2.75, 3.05) is 5.32 Å². The molecule has 0 saturated carbocycles. The lowest BCUT2D eigenvalue weighted by Crippen LogP contribution is -2.00. The zero-order chi connectivity index (χ0) is 17.7. The molecule has 4 aromatic rings. The molecule has 0 aliphatic carbocycles. The molecule has 124 valence electrons. The first-order chi connectivity index (χ1) is 11.9. The van der Waals surface area contributed by atoms with Gasteiger partial charge in [-0.25, -0.2) is 9.59 Å². The van der Waals surface area contributed by atoms with E-state index >= 15 is 0 Å². The first-order valence-corrected chi connectivity index (χ1v) is 7.53. The Morgan fingerprint density at radius 2 is 1.88 bits per heavy atom. The SMILES string of the molecule is C=C(C)Nc1ccc2oc3c4ccc(C(=O)O)cc4oc(=O)c3c2c1. The summed E-state index contributed by atoms with van der Waals surface area (Å²) in [5.41, 5.74) is 2.12. The largest absolute Gasteiger partial charge is 0.478 e. The van der Waals surface area contributed by atoms with Crippen molar-refractivity contribution in [2.24, 2.45) is 0 Å². The molecule has 2 aromatic carbocycles. The molecule has 0 bridgehead atoms. The highest BCUT2D eigenvalue weighted by Crippen LogP contribution is 2.33. The van der Waals surface area contributed by atoms with Crippen molar-refractivity contribution < 1.29 is 18.7 Å². The van der Waals surface area contributed by atoms with E-state index in [1.54, 1.807) is 18.2 Å².